The van der Waals surface area contributed by atoms with Crippen LogP contribution >= 0.6 is 0 Å². The molecule has 20 heavy (non-hydrogen) atoms. The number of aryl methyl sites for hydroxylation is 1. The molecule has 0 bridgehead atoms. The molecule has 0 saturated heterocycles. The molecule has 3 rings (SSSR count). The number of anilines is 1. The van der Waals surface area contributed by atoms with Gasteiger partial charge in [-0.25, -0.2) is 9.97 Å². The second-order valence-corrected chi connectivity index (χ2v) is 4.00. The number of nitrogens with one attached hydrogen (secondary N) is 1. The Morgan fingerprint density at radius 3 is 2.80 bits per heavy atom. The highest BCUT2D eigenvalue weighted by Gasteiger charge is 2.14. The molecule has 9 heteroatoms. The zero-order valence-corrected chi connectivity index (χ0v) is 10.4. The molecule has 0 saturated carbocycles. The predicted octanol–water partition coefficient (Wildman–Crippen LogP) is -0.641. The Bertz CT molecular complexity index is 811. The van der Waals surface area contributed by atoms with Crippen molar-refractivity contribution in [2.24, 2.45) is 0 Å². The van der Waals surface area contributed by atoms with E-state index in [1.165, 1.54) is 0 Å². The van der Waals surface area contributed by atoms with Crippen LogP contribution in [0.3, 0.4) is 0 Å². The van der Waals surface area contributed by atoms with Gasteiger partial charge in [0.2, 0.25) is 0 Å². The molecule has 3 aromatic rings. The number of rotatable bonds is 2. The van der Waals surface area contributed by atoms with E-state index in [2.05, 4.69) is 20.3 Å². The third-order valence-corrected chi connectivity index (χ3v) is 2.52. The zero-order valence-electron chi connectivity index (χ0n) is 10.4. The van der Waals surface area contributed by atoms with Crippen molar-refractivity contribution in [1.82, 2.24) is 15.0 Å². The number of hydrogen-bond acceptors (Lipinski definition) is 6. The predicted molar refractivity (Wildman–Crippen MR) is 71.8 cm³/mol. The van der Waals surface area contributed by atoms with E-state index in [1.807, 2.05) is 0 Å². The van der Waals surface area contributed by atoms with Gasteiger partial charge in [-0.15, -0.1) is 0 Å². The normalized spacial score (nSPS) is 10.8. The fourth-order valence-corrected chi connectivity index (χ4v) is 1.66. The van der Waals surface area contributed by atoms with Gasteiger partial charge in [-0.2, -0.15) is 4.98 Å². The number of aromatic nitrogens is 3. The summed E-state index contributed by atoms with van der Waals surface area (Å²) in [5.41, 5.74) is 1.25. The van der Waals surface area contributed by atoms with Gasteiger partial charge in [-0.3, -0.25) is 4.79 Å². The molecule has 0 aliphatic heterocycles. The summed E-state index contributed by atoms with van der Waals surface area (Å²) in [5.74, 6) is -0.156. The summed E-state index contributed by atoms with van der Waals surface area (Å²) < 4.78 is 10.1. The summed E-state index contributed by atoms with van der Waals surface area (Å²) in [6.45, 7) is 1.69. The van der Waals surface area contributed by atoms with Crippen LogP contribution in [0.15, 0.2) is 21.2 Å². The maximum absolute atomic E-state index is 11.9. The first-order valence-corrected chi connectivity index (χ1v) is 5.59. The fourth-order valence-electron chi connectivity index (χ4n) is 1.66. The maximum atomic E-state index is 11.9. The summed E-state index contributed by atoms with van der Waals surface area (Å²) in [6, 6.07) is 1.54. The highest BCUT2D eigenvalue weighted by molar-refractivity contribution is 6.35. The van der Waals surface area contributed by atoms with Gasteiger partial charge in [0.05, 0.1) is 5.69 Å². The smallest absolute Gasteiger partial charge is 0.277 e. The van der Waals surface area contributed by atoms with Gasteiger partial charge in [0.1, 0.15) is 19.9 Å². The van der Waals surface area contributed by atoms with Crippen LogP contribution in [0.4, 0.5) is 5.69 Å². The van der Waals surface area contributed by atoms with E-state index in [4.69, 9.17) is 24.5 Å². The summed E-state index contributed by atoms with van der Waals surface area (Å²) in [6.07, 6.45) is 1.14. The van der Waals surface area contributed by atoms with Crippen molar-refractivity contribution in [2.75, 3.05) is 5.32 Å². The van der Waals surface area contributed by atoms with E-state index in [0.29, 0.717) is 22.8 Å². The summed E-state index contributed by atoms with van der Waals surface area (Å²) in [7, 11) is 11.1. The fraction of sp³-hybridized carbons (Fsp3) is 0.0909. The van der Waals surface area contributed by atoms with Gasteiger partial charge in [-0.05, 0) is 0 Å². The molecule has 0 atom stereocenters. The lowest BCUT2D eigenvalue weighted by molar-refractivity contribution is 0.102. The number of pyridine rings is 1. The van der Waals surface area contributed by atoms with Crippen molar-refractivity contribution in [1.29, 1.82) is 0 Å². The van der Waals surface area contributed by atoms with E-state index in [0.717, 1.165) is 6.26 Å². The molecule has 7 nitrogen and oxygen atoms in total. The average Bonchev–Trinajstić information content (AvgIpc) is 2.95. The molecule has 0 aliphatic carbocycles. The monoisotopic (exact) mass is 264 g/mol. The largest absolute Gasteiger partial charge is 0.460 e. The number of nitrogens with zero attached hydrogens (tertiary/aromatic N) is 3. The van der Waals surface area contributed by atoms with Crippen LogP contribution < -0.4 is 16.7 Å². The van der Waals surface area contributed by atoms with E-state index in [1.54, 1.807) is 13.0 Å². The number of hydrogen-bond donors (Lipinski definition) is 1. The maximum Gasteiger partial charge on any atom is 0.277 e. The molecule has 1 amide bonds. The molecule has 3 aromatic heterocycles. The molecule has 94 valence electrons. The van der Waals surface area contributed by atoms with E-state index in [-0.39, 0.29) is 17.1 Å². The topological polar surface area (TPSA) is 94.1 Å². The van der Waals surface area contributed by atoms with Crippen LogP contribution in [0.5, 0.6) is 0 Å². The number of oxazole rings is 2. The standard InChI is InChI=1S/C11H6B2N4O3/c1-4-14-9-7(20-4)2-5(8(12)17-9)15-10(18)6-3-19-11(13)16-6/h2-3H,1H3,(H,15,18). The van der Waals surface area contributed by atoms with Crippen LogP contribution in [-0.4, -0.2) is 36.6 Å². The second kappa shape index (κ2) is 4.52. The highest BCUT2D eigenvalue weighted by Crippen LogP contribution is 2.16. The Kier molecular flexibility index (Phi) is 2.81. The number of amides is 1. The van der Waals surface area contributed by atoms with Gasteiger partial charge >= 0.3 is 0 Å². The van der Waals surface area contributed by atoms with Crippen molar-refractivity contribution in [2.45, 2.75) is 6.92 Å². The Hall–Kier alpha value is -2.57. The number of carbonyl (C=O) groups is 1. The SMILES string of the molecule is [B]c1nc(C(=O)Nc2cc3oc(C)nc3nc2[B])co1. The molecule has 0 aliphatic rings. The van der Waals surface area contributed by atoms with E-state index < -0.39 is 5.91 Å². The van der Waals surface area contributed by atoms with Crippen LogP contribution in [-0.2, 0) is 0 Å². The lowest BCUT2D eigenvalue weighted by Gasteiger charge is -2.05. The van der Waals surface area contributed by atoms with Gasteiger partial charge in [0.25, 0.3) is 5.91 Å². The van der Waals surface area contributed by atoms with Crippen molar-refractivity contribution < 1.29 is 13.6 Å². The Morgan fingerprint density at radius 1 is 1.30 bits per heavy atom. The van der Waals surface area contributed by atoms with Crippen molar-refractivity contribution in [3.63, 3.8) is 0 Å². The second-order valence-electron chi connectivity index (χ2n) is 4.00. The van der Waals surface area contributed by atoms with Gasteiger partial charge in [0.15, 0.2) is 30.7 Å². The first-order valence-electron chi connectivity index (χ1n) is 5.59. The Morgan fingerprint density at radius 2 is 2.10 bits per heavy atom. The molecule has 1 N–H and O–H groups in total. The molecule has 4 radical (unpaired) electrons. The molecular formula is C11H6B2N4O3. The summed E-state index contributed by atoms with van der Waals surface area (Å²) in [5, 5.41) is 2.55. The molecule has 0 unspecified atom stereocenters. The lowest BCUT2D eigenvalue weighted by atomic mass is 10.0. The van der Waals surface area contributed by atoms with Crippen molar-refractivity contribution in [3.8, 4) is 0 Å². The highest BCUT2D eigenvalue weighted by atomic mass is 16.3. The van der Waals surface area contributed by atoms with E-state index >= 15 is 0 Å². The minimum absolute atomic E-state index is 0.0377. The molecule has 0 fully saturated rings. The molecule has 0 aromatic carbocycles. The third kappa shape index (κ3) is 2.18. The van der Waals surface area contributed by atoms with E-state index in [9.17, 15) is 4.79 Å². The number of fused-ring (bicyclic) bond motifs is 1. The van der Waals surface area contributed by atoms with Crippen molar-refractivity contribution in [3.05, 3.63) is 23.9 Å². The minimum Gasteiger partial charge on any atom is -0.460 e. The zero-order chi connectivity index (χ0) is 14.3. The van der Waals surface area contributed by atoms with Gasteiger partial charge < -0.3 is 14.2 Å². The van der Waals surface area contributed by atoms with Gasteiger partial charge in [-0.1, -0.05) is 0 Å². The van der Waals surface area contributed by atoms with Crippen molar-refractivity contribution >= 4 is 49.9 Å². The Balaban J connectivity index is 1.93. The summed E-state index contributed by atoms with van der Waals surface area (Å²) in [4.78, 5) is 23.7. The Labute approximate surface area is 115 Å². The van der Waals surface area contributed by atoms with Crippen LogP contribution in [0, 0.1) is 6.92 Å². The minimum atomic E-state index is -0.519. The van der Waals surface area contributed by atoms with Crippen LogP contribution in [0.1, 0.15) is 16.4 Å². The van der Waals surface area contributed by atoms with Crippen LogP contribution in [0.2, 0.25) is 0 Å². The van der Waals surface area contributed by atoms with Crippen LogP contribution in [0.25, 0.3) is 11.2 Å². The molecule has 0 spiro atoms. The third-order valence-electron chi connectivity index (χ3n) is 2.52. The first-order chi connectivity index (χ1) is 9.52. The summed E-state index contributed by atoms with van der Waals surface area (Å²) >= 11 is 0. The first kappa shape index (κ1) is 12.5. The molecular weight excluding hydrogens is 258 g/mol. The quantitative estimate of drug-likeness (QED) is 0.618. The van der Waals surface area contributed by atoms with Gasteiger partial charge in [0, 0.05) is 18.6 Å². The number of carbonyl (C=O) groups excluding carboxylic acids is 1. The molecule has 3 heterocycles. The lowest BCUT2D eigenvalue weighted by Crippen LogP contribution is -2.21. The average molecular weight is 264 g/mol.